The molecule has 0 unspecified atom stereocenters. The molecule has 0 aliphatic heterocycles. The Bertz CT molecular complexity index is 908. The second-order valence-corrected chi connectivity index (χ2v) is 8.17. The molecule has 5 nitrogen and oxygen atoms in total. The largest absolute Gasteiger partial charge is 0.449 e. The minimum Gasteiger partial charge on any atom is -0.449 e. The van der Waals surface area contributed by atoms with Gasteiger partial charge in [0.1, 0.15) is 0 Å². The third kappa shape index (κ3) is 4.96. The molecule has 4 atom stereocenters. The van der Waals surface area contributed by atoms with Crippen LogP contribution in [-0.4, -0.2) is 29.8 Å². The van der Waals surface area contributed by atoms with Gasteiger partial charge in [0.25, 0.3) is 5.91 Å². The summed E-state index contributed by atoms with van der Waals surface area (Å²) in [6.45, 7) is 5.91. The van der Waals surface area contributed by atoms with Crippen molar-refractivity contribution in [3.05, 3.63) is 71.3 Å². The molecule has 30 heavy (non-hydrogen) atoms. The second-order valence-electron chi connectivity index (χ2n) is 8.17. The Labute approximate surface area is 177 Å². The number of rotatable bonds is 6. The Morgan fingerprint density at radius 1 is 0.933 bits per heavy atom. The van der Waals surface area contributed by atoms with Crippen molar-refractivity contribution in [2.24, 2.45) is 11.8 Å². The van der Waals surface area contributed by atoms with Gasteiger partial charge in [-0.1, -0.05) is 75.2 Å². The monoisotopic (exact) mass is 407 g/mol. The zero-order chi connectivity index (χ0) is 21.7. The lowest BCUT2D eigenvalue weighted by molar-refractivity contribution is -0.130. The first-order chi connectivity index (χ1) is 14.4. The Hall–Kier alpha value is -2.95. The molecule has 3 rings (SSSR count). The van der Waals surface area contributed by atoms with Gasteiger partial charge in [-0.3, -0.25) is 9.59 Å². The molecule has 1 aliphatic rings. The van der Waals surface area contributed by atoms with Gasteiger partial charge in [-0.25, -0.2) is 4.79 Å². The van der Waals surface area contributed by atoms with Crippen LogP contribution in [0.4, 0.5) is 0 Å². The summed E-state index contributed by atoms with van der Waals surface area (Å²) in [5.74, 6) is -0.304. The fourth-order valence-corrected chi connectivity index (χ4v) is 3.97. The van der Waals surface area contributed by atoms with Gasteiger partial charge in [-0.15, -0.1) is 0 Å². The van der Waals surface area contributed by atoms with E-state index in [0.717, 1.165) is 12.8 Å². The van der Waals surface area contributed by atoms with Crippen LogP contribution in [0, 0.1) is 11.8 Å². The Morgan fingerprint density at radius 3 is 2.27 bits per heavy atom. The van der Waals surface area contributed by atoms with Crippen molar-refractivity contribution >= 4 is 17.7 Å². The Kier molecular flexibility index (Phi) is 7.03. The number of hydrogen-bond acceptors (Lipinski definition) is 4. The molecule has 158 valence electrons. The average molecular weight is 408 g/mol. The first kappa shape index (κ1) is 21.8. The van der Waals surface area contributed by atoms with Crippen LogP contribution in [0.5, 0.6) is 0 Å². The third-order valence-corrected chi connectivity index (χ3v) is 6.12. The molecule has 0 aromatic heterocycles. The second kappa shape index (κ2) is 9.70. The summed E-state index contributed by atoms with van der Waals surface area (Å²) in [6, 6.07) is 15.4. The van der Waals surface area contributed by atoms with Gasteiger partial charge in [-0.2, -0.15) is 0 Å². The predicted molar refractivity (Wildman–Crippen MR) is 115 cm³/mol. The summed E-state index contributed by atoms with van der Waals surface area (Å²) < 4.78 is 5.43. The average Bonchev–Trinajstić information content (AvgIpc) is 2.76. The standard InChI is InChI=1S/C25H29NO4/c1-16-10-9-15-22(17(16)2)26-24(28)18(3)30-25(29)21-14-8-7-13-20(21)23(27)19-11-5-4-6-12-19/h4-8,11-14,16-18,22H,9-10,15H2,1-3H3,(H,26,28)/t16-,17-,18-,22-/m1/s1. The predicted octanol–water partition coefficient (Wildman–Crippen LogP) is 4.40. The van der Waals surface area contributed by atoms with Crippen LogP contribution in [-0.2, 0) is 9.53 Å². The third-order valence-electron chi connectivity index (χ3n) is 6.12. The van der Waals surface area contributed by atoms with Crippen LogP contribution in [0.1, 0.15) is 66.3 Å². The molecule has 0 spiro atoms. The molecule has 1 aliphatic carbocycles. The zero-order valence-electron chi connectivity index (χ0n) is 17.8. The van der Waals surface area contributed by atoms with E-state index in [9.17, 15) is 14.4 Å². The van der Waals surface area contributed by atoms with E-state index in [1.165, 1.54) is 6.42 Å². The van der Waals surface area contributed by atoms with Crippen molar-refractivity contribution in [3.8, 4) is 0 Å². The van der Waals surface area contributed by atoms with Gasteiger partial charge >= 0.3 is 5.97 Å². The van der Waals surface area contributed by atoms with Crippen molar-refractivity contribution in [1.29, 1.82) is 0 Å². The molecular weight excluding hydrogens is 378 g/mol. The van der Waals surface area contributed by atoms with Crippen LogP contribution >= 0.6 is 0 Å². The van der Waals surface area contributed by atoms with Crippen LogP contribution < -0.4 is 5.32 Å². The van der Waals surface area contributed by atoms with Gasteiger partial charge in [0.15, 0.2) is 11.9 Å². The minimum atomic E-state index is -0.943. The minimum absolute atomic E-state index is 0.0920. The van der Waals surface area contributed by atoms with E-state index < -0.39 is 12.1 Å². The number of nitrogens with one attached hydrogen (secondary N) is 1. The zero-order valence-corrected chi connectivity index (χ0v) is 17.8. The van der Waals surface area contributed by atoms with Crippen LogP contribution in [0.25, 0.3) is 0 Å². The smallest absolute Gasteiger partial charge is 0.339 e. The number of carbonyl (C=O) groups is 3. The highest BCUT2D eigenvalue weighted by molar-refractivity contribution is 6.14. The summed E-state index contributed by atoms with van der Waals surface area (Å²) >= 11 is 0. The first-order valence-electron chi connectivity index (χ1n) is 10.6. The maximum atomic E-state index is 12.8. The normalized spacial score (nSPS) is 22.0. The Balaban J connectivity index is 1.68. The Morgan fingerprint density at radius 2 is 1.57 bits per heavy atom. The fraction of sp³-hybridized carbons (Fsp3) is 0.400. The van der Waals surface area contributed by atoms with Crippen molar-refractivity contribution in [2.75, 3.05) is 0 Å². The maximum absolute atomic E-state index is 12.8. The SMILES string of the molecule is C[C@@H]1[C@H](C)CCC[C@H]1NC(=O)[C@@H](C)OC(=O)c1ccccc1C(=O)c1ccccc1. The van der Waals surface area contributed by atoms with Gasteiger partial charge < -0.3 is 10.1 Å². The topological polar surface area (TPSA) is 72.5 Å². The van der Waals surface area contributed by atoms with Crippen molar-refractivity contribution < 1.29 is 19.1 Å². The fourth-order valence-electron chi connectivity index (χ4n) is 3.97. The van der Waals surface area contributed by atoms with E-state index >= 15 is 0 Å². The van der Waals surface area contributed by atoms with Gasteiger partial charge in [-0.05, 0) is 31.2 Å². The van der Waals surface area contributed by atoms with Gasteiger partial charge in [0, 0.05) is 17.2 Å². The molecule has 2 aromatic carbocycles. The molecule has 1 saturated carbocycles. The number of ether oxygens (including phenoxy) is 1. The number of carbonyl (C=O) groups excluding carboxylic acids is 3. The molecule has 5 heteroatoms. The van der Waals surface area contributed by atoms with Crippen molar-refractivity contribution in [1.82, 2.24) is 5.32 Å². The quantitative estimate of drug-likeness (QED) is 0.569. The number of hydrogen-bond donors (Lipinski definition) is 1. The first-order valence-corrected chi connectivity index (χ1v) is 10.6. The van der Waals surface area contributed by atoms with E-state index in [1.54, 1.807) is 55.5 Å². The van der Waals surface area contributed by atoms with Crippen molar-refractivity contribution in [3.63, 3.8) is 0 Å². The molecule has 2 aromatic rings. The van der Waals surface area contributed by atoms with E-state index in [0.29, 0.717) is 17.4 Å². The number of ketones is 1. The van der Waals surface area contributed by atoms with E-state index in [4.69, 9.17) is 4.74 Å². The summed E-state index contributed by atoms with van der Waals surface area (Å²) in [7, 11) is 0. The molecule has 0 heterocycles. The molecule has 0 radical (unpaired) electrons. The van der Waals surface area contributed by atoms with E-state index in [1.807, 2.05) is 6.07 Å². The van der Waals surface area contributed by atoms with Crippen LogP contribution in [0.3, 0.4) is 0 Å². The molecule has 0 bridgehead atoms. The summed E-state index contributed by atoms with van der Waals surface area (Å²) in [4.78, 5) is 38.2. The highest BCUT2D eigenvalue weighted by Crippen LogP contribution is 2.29. The number of esters is 1. The summed E-state index contributed by atoms with van der Waals surface area (Å²) in [5.41, 5.74) is 0.908. The maximum Gasteiger partial charge on any atom is 0.339 e. The molecular formula is C25H29NO4. The van der Waals surface area contributed by atoms with E-state index in [2.05, 4.69) is 19.2 Å². The lowest BCUT2D eigenvalue weighted by atomic mass is 9.78. The number of benzene rings is 2. The summed E-state index contributed by atoms with van der Waals surface area (Å²) in [6.07, 6.45) is 2.25. The van der Waals surface area contributed by atoms with Crippen molar-refractivity contribution in [2.45, 2.75) is 52.2 Å². The summed E-state index contributed by atoms with van der Waals surface area (Å²) in [5, 5.41) is 3.04. The molecule has 1 amide bonds. The van der Waals surface area contributed by atoms with Crippen LogP contribution in [0.15, 0.2) is 54.6 Å². The highest BCUT2D eigenvalue weighted by Gasteiger charge is 2.30. The molecule has 1 fully saturated rings. The lowest BCUT2D eigenvalue weighted by Crippen LogP contribution is -2.47. The van der Waals surface area contributed by atoms with Gasteiger partial charge in [0.2, 0.25) is 0 Å². The molecule has 0 saturated heterocycles. The highest BCUT2D eigenvalue weighted by atomic mass is 16.5. The molecule has 1 N–H and O–H groups in total. The van der Waals surface area contributed by atoms with E-state index in [-0.39, 0.29) is 28.9 Å². The van der Waals surface area contributed by atoms with Crippen LogP contribution in [0.2, 0.25) is 0 Å². The van der Waals surface area contributed by atoms with Gasteiger partial charge in [0.05, 0.1) is 5.56 Å². The number of amides is 1. The lowest BCUT2D eigenvalue weighted by Gasteiger charge is -2.35.